The van der Waals surface area contributed by atoms with Gasteiger partial charge in [0.2, 0.25) is 5.91 Å². The van der Waals surface area contributed by atoms with Crippen LogP contribution in [0.2, 0.25) is 0 Å². The lowest BCUT2D eigenvalue weighted by atomic mass is 10.1. The Kier molecular flexibility index (Phi) is 5.58. The van der Waals surface area contributed by atoms with Gasteiger partial charge in [-0.25, -0.2) is 4.39 Å². The predicted molar refractivity (Wildman–Crippen MR) is 68.9 cm³/mol. The van der Waals surface area contributed by atoms with Gasteiger partial charge in [-0.2, -0.15) is 0 Å². The molecule has 1 rings (SSSR count). The number of nitrogens with zero attached hydrogens (tertiary/aromatic N) is 1. The van der Waals surface area contributed by atoms with Crippen LogP contribution in [-0.4, -0.2) is 30.6 Å². The molecular formula is C13H19FN2O2. The lowest BCUT2D eigenvalue weighted by molar-refractivity contribution is -0.119. The van der Waals surface area contributed by atoms with Crippen molar-refractivity contribution < 1.29 is 14.3 Å². The van der Waals surface area contributed by atoms with Gasteiger partial charge in [-0.05, 0) is 26.0 Å². The van der Waals surface area contributed by atoms with Crippen LogP contribution in [0.3, 0.4) is 0 Å². The Morgan fingerprint density at radius 1 is 1.44 bits per heavy atom. The molecule has 0 bridgehead atoms. The largest absolute Gasteiger partial charge is 0.391 e. The van der Waals surface area contributed by atoms with Crippen LogP contribution in [-0.2, 0) is 11.4 Å². The number of rotatable bonds is 6. The molecule has 0 saturated carbocycles. The SMILES string of the molecule is CCNC(=O)CN(CC)c1cccc(F)c1CO. The zero-order chi connectivity index (χ0) is 13.5. The van der Waals surface area contributed by atoms with Crippen LogP contribution in [0.1, 0.15) is 19.4 Å². The van der Waals surface area contributed by atoms with Gasteiger partial charge in [0.05, 0.1) is 13.2 Å². The number of aliphatic hydroxyl groups excluding tert-OH is 1. The molecule has 0 radical (unpaired) electrons. The van der Waals surface area contributed by atoms with Gasteiger partial charge >= 0.3 is 0 Å². The smallest absolute Gasteiger partial charge is 0.239 e. The molecule has 0 aliphatic heterocycles. The molecular weight excluding hydrogens is 235 g/mol. The molecule has 0 saturated heterocycles. The third-order valence-electron chi connectivity index (χ3n) is 2.68. The van der Waals surface area contributed by atoms with Crippen molar-refractivity contribution in [2.45, 2.75) is 20.5 Å². The van der Waals surface area contributed by atoms with Crippen molar-refractivity contribution >= 4 is 11.6 Å². The molecule has 1 aromatic rings. The van der Waals surface area contributed by atoms with E-state index in [1.807, 2.05) is 13.8 Å². The van der Waals surface area contributed by atoms with Crippen molar-refractivity contribution in [2.75, 3.05) is 24.5 Å². The average Bonchev–Trinajstić information content (AvgIpc) is 2.36. The van der Waals surface area contributed by atoms with Gasteiger partial charge < -0.3 is 15.3 Å². The minimum absolute atomic E-state index is 0.118. The summed E-state index contributed by atoms with van der Waals surface area (Å²) in [5.41, 5.74) is 0.787. The van der Waals surface area contributed by atoms with Crippen LogP contribution in [0.5, 0.6) is 0 Å². The van der Waals surface area contributed by atoms with Crippen molar-refractivity contribution in [2.24, 2.45) is 0 Å². The summed E-state index contributed by atoms with van der Waals surface area (Å²) >= 11 is 0. The van der Waals surface area contributed by atoms with E-state index >= 15 is 0 Å². The number of anilines is 1. The summed E-state index contributed by atoms with van der Waals surface area (Å²) in [6.07, 6.45) is 0. The first-order valence-electron chi connectivity index (χ1n) is 6.03. The van der Waals surface area contributed by atoms with Gasteiger partial charge in [0, 0.05) is 24.3 Å². The number of halogens is 1. The molecule has 0 aromatic heterocycles. The number of carbonyl (C=O) groups excluding carboxylic acids is 1. The van der Waals surface area contributed by atoms with Gasteiger partial charge in [0.15, 0.2) is 0 Å². The summed E-state index contributed by atoms with van der Waals surface area (Å²) in [5, 5.41) is 11.9. The van der Waals surface area contributed by atoms with E-state index < -0.39 is 5.82 Å². The second kappa shape index (κ2) is 6.96. The molecule has 18 heavy (non-hydrogen) atoms. The number of amides is 1. The summed E-state index contributed by atoms with van der Waals surface area (Å²) < 4.78 is 13.5. The summed E-state index contributed by atoms with van der Waals surface area (Å²) in [7, 11) is 0. The number of benzene rings is 1. The topological polar surface area (TPSA) is 52.6 Å². The first-order chi connectivity index (χ1) is 8.63. The maximum absolute atomic E-state index is 13.5. The fraction of sp³-hybridized carbons (Fsp3) is 0.462. The molecule has 0 spiro atoms. The van der Waals surface area contributed by atoms with E-state index in [1.165, 1.54) is 6.07 Å². The number of hydrogen-bond donors (Lipinski definition) is 2. The van der Waals surface area contributed by atoms with Crippen LogP contribution >= 0.6 is 0 Å². The van der Waals surface area contributed by atoms with Crippen LogP contribution in [0.15, 0.2) is 18.2 Å². The number of hydrogen-bond acceptors (Lipinski definition) is 3. The van der Waals surface area contributed by atoms with Crippen molar-refractivity contribution in [3.8, 4) is 0 Å². The lowest BCUT2D eigenvalue weighted by Gasteiger charge is -2.24. The maximum Gasteiger partial charge on any atom is 0.239 e. The third kappa shape index (κ3) is 3.43. The van der Waals surface area contributed by atoms with Gasteiger partial charge in [0.25, 0.3) is 0 Å². The van der Waals surface area contributed by atoms with E-state index in [4.69, 9.17) is 0 Å². The zero-order valence-corrected chi connectivity index (χ0v) is 10.7. The van der Waals surface area contributed by atoms with Gasteiger partial charge in [-0.1, -0.05) is 6.07 Å². The van der Waals surface area contributed by atoms with E-state index in [1.54, 1.807) is 17.0 Å². The quantitative estimate of drug-likeness (QED) is 0.804. The Morgan fingerprint density at radius 2 is 2.17 bits per heavy atom. The summed E-state index contributed by atoms with van der Waals surface area (Å²) in [5.74, 6) is -0.572. The van der Waals surface area contributed by atoms with Crippen LogP contribution in [0, 0.1) is 5.82 Å². The molecule has 1 amide bonds. The summed E-state index contributed by atoms with van der Waals surface area (Å²) in [4.78, 5) is 13.3. The fourth-order valence-corrected chi connectivity index (χ4v) is 1.79. The fourth-order valence-electron chi connectivity index (χ4n) is 1.79. The van der Waals surface area contributed by atoms with Crippen molar-refractivity contribution in [3.05, 3.63) is 29.6 Å². The Labute approximate surface area is 106 Å². The monoisotopic (exact) mass is 254 g/mol. The van der Waals surface area contributed by atoms with Crippen molar-refractivity contribution in [3.63, 3.8) is 0 Å². The number of likely N-dealkylation sites (N-methyl/N-ethyl adjacent to an activating group) is 2. The third-order valence-corrected chi connectivity index (χ3v) is 2.68. The molecule has 0 heterocycles. The second-order valence-electron chi connectivity index (χ2n) is 3.86. The average molecular weight is 254 g/mol. The molecule has 0 aliphatic carbocycles. The highest BCUT2D eigenvalue weighted by atomic mass is 19.1. The lowest BCUT2D eigenvalue weighted by Crippen LogP contribution is -2.37. The van der Waals surface area contributed by atoms with E-state index in [9.17, 15) is 14.3 Å². The van der Waals surface area contributed by atoms with Gasteiger partial charge in [-0.15, -0.1) is 0 Å². The normalized spacial score (nSPS) is 10.2. The maximum atomic E-state index is 13.5. The zero-order valence-electron chi connectivity index (χ0n) is 10.7. The van der Waals surface area contributed by atoms with E-state index in [0.717, 1.165) is 0 Å². The van der Waals surface area contributed by atoms with Crippen LogP contribution in [0.25, 0.3) is 0 Å². The highest BCUT2D eigenvalue weighted by Crippen LogP contribution is 2.23. The highest BCUT2D eigenvalue weighted by molar-refractivity contribution is 5.81. The molecule has 0 unspecified atom stereocenters. The minimum Gasteiger partial charge on any atom is -0.391 e. The molecule has 4 nitrogen and oxygen atoms in total. The Morgan fingerprint density at radius 3 is 2.72 bits per heavy atom. The molecule has 0 fully saturated rings. The predicted octanol–water partition coefficient (Wildman–Crippen LogP) is 1.28. The summed E-state index contributed by atoms with van der Waals surface area (Å²) in [6.45, 7) is 4.62. The Balaban J connectivity index is 2.94. The standard InChI is InChI=1S/C13H19FN2O2/c1-3-15-13(18)8-16(4-2)12-7-5-6-11(14)10(12)9-17/h5-7,17H,3-4,8-9H2,1-2H3,(H,15,18). The van der Waals surface area contributed by atoms with E-state index in [-0.39, 0.29) is 24.6 Å². The molecule has 100 valence electrons. The molecule has 1 aromatic carbocycles. The van der Waals surface area contributed by atoms with E-state index in [0.29, 0.717) is 18.8 Å². The molecule has 0 aliphatic rings. The number of carbonyl (C=O) groups is 1. The number of aliphatic hydroxyl groups is 1. The van der Waals surface area contributed by atoms with Gasteiger partial charge in [0.1, 0.15) is 5.82 Å². The molecule has 5 heteroatoms. The molecule has 2 N–H and O–H groups in total. The first kappa shape index (κ1) is 14.4. The highest BCUT2D eigenvalue weighted by Gasteiger charge is 2.15. The van der Waals surface area contributed by atoms with Gasteiger partial charge in [-0.3, -0.25) is 4.79 Å². The van der Waals surface area contributed by atoms with Crippen molar-refractivity contribution in [1.82, 2.24) is 5.32 Å². The van der Waals surface area contributed by atoms with Crippen LogP contribution in [0.4, 0.5) is 10.1 Å². The minimum atomic E-state index is -0.454. The number of nitrogens with one attached hydrogen (secondary N) is 1. The Bertz CT molecular complexity index is 410. The van der Waals surface area contributed by atoms with Crippen LogP contribution < -0.4 is 10.2 Å². The Hall–Kier alpha value is -1.62. The molecule has 0 atom stereocenters. The van der Waals surface area contributed by atoms with E-state index in [2.05, 4.69) is 5.32 Å². The second-order valence-corrected chi connectivity index (χ2v) is 3.86. The van der Waals surface area contributed by atoms with Crippen molar-refractivity contribution in [1.29, 1.82) is 0 Å². The first-order valence-corrected chi connectivity index (χ1v) is 6.03. The summed E-state index contributed by atoms with van der Waals surface area (Å²) in [6, 6.07) is 4.58.